The van der Waals surface area contributed by atoms with Crippen LogP contribution in [-0.4, -0.2) is 17.0 Å². The summed E-state index contributed by atoms with van der Waals surface area (Å²) >= 11 is 9.17. The number of anilines is 1. The molecule has 0 aliphatic carbocycles. The molecule has 2 aromatic rings. The molecular formula is C15H11BrClNO3. The second-order valence-corrected chi connectivity index (χ2v) is 5.64. The van der Waals surface area contributed by atoms with Crippen molar-refractivity contribution in [2.45, 2.75) is 6.42 Å². The van der Waals surface area contributed by atoms with Crippen molar-refractivity contribution in [3.05, 3.63) is 63.1 Å². The Balaban J connectivity index is 2.19. The number of carbonyl (C=O) groups is 2. The van der Waals surface area contributed by atoms with E-state index in [1.54, 1.807) is 42.5 Å². The Morgan fingerprint density at radius 2 is 1.95 bits per heavy atom. The van der Waals surface area contributed by atoms with Gasteiger partial charge in [0, 0.05) is 15.2 Å². The van der Waals surface area contributed by atoms with E-state index < -0.39 is 5.97 Å². The van der Waals surface area contributed by atoms with Crippen molar-refractivity contribution < 1.29 is 14.7 Å². The lowest BCUT2D eigenvalue weighted by molar-refractivity contribution is -0.136. The lowest BCUT2D eigenvalue weighted by atomic mass is 10.1. The number of aliphatic carboxylic acids is 1. The number of amides is 1. The van der Waals surface area contributed by atoms with Crippen molar-refractivity contribution in [1.82, 2.24) is 0 Å². The highest BCUT2D eigenvalue weighted by Crippen LogP contribution is 2.22. The molecule has 6 heteroatoms. The molecule has 1 amide bonds. The van der Waals surface area contributed by atoms with Gasteiger partial charge in [0.2, 0.25) is 0 Å². The molecule has 0 saturated heterocycles. The standard InChI is InChI=1S/C15H11BrClNO3/c16-13-5-4-10(17)8-12(13)15(21)18-11-3-1-2-9(6-11)7-14(19)20/h1-6,8H,7H2,(H,18,21)(H,19,20). The Bertz CT molecular complexity index is 703. The lowest BCUT2D eigenvalue weighted by Gasteiger charge is -2.08. The molecule has 0 fully saturated rings. The minimum Gasteiger partial charge on any atom is -0.481 e. The highest BCUT2D eigenvalue weighted by molar-refractivity contribution is 9.10. The van der Waals surface area contributed by atoms with Crippen LogP contribution in [0.5, 0.6) is 0 Å². The zero-order valence-corrected chi connectivity index (χ0v) is 13.1. The summed E-state index contributed by atoms with van der Waals surface area (Å²) in [7, 11) is 0. The molecule has 0 spiro atoms. The summed E-state index contributed by atoms with van der Waals surface area (Å²) < 4.78 is 0.631. The van der Waals surface area contributed by atoms with Crippen molar-refractivity contribution in [3.8, 4) is 0 Å². The first-order chi connectivity index (χ1) is 9.95. The van der Waals surface area contributed by atoms with Gasteiger partial charge in [-0.2, -0.15) is 0 Å². The van der Waals surface area contributed by atoms with E-state index in [1.165, 1.54) is 0 Å². The molecule has 21 heavy (non-hydrogen) atoms. The van der Waals surface area contributed by atoms with Crippen LogP contribution in [-0.2, 0) is 11.2 Å². The summed E-state index contributed by atoms with van der Waals surface area (Å²) in [5.74, 6) is -1.24. The fourth-order valence-electron chi connectivity index (χ4n) is 1.80. The van der Waals surface area contributed by atoms with Crippen molar-refractivity contribution in [3.63, 3.8) is 0 Å². The minimum atomic E-state index is -0.920. The molecule has 0 unspecified atom stereocenters. The number of carboxylic acids is 1. The predicted molar refractivity (Wildman–Crippen MR) is 84.9 cm³/mol. The van der Waals surface area contributed by atoms with E-state index in [0.29, 0.717) is 26.3 Å². The molecule has 0 aliphatic rings. The summed E-state index contributed by atoms with van der Waals surface area (Å²) in [6.45, 7) is 0. The van der Waals surface area contributed by atoms with Gasteiger partial charge in [0.1, 0.15) is 0 Å². The fourth-order valence-corrected chi connectivity index (χ4v) is 2.40. The van der Waals surface area contributed by atoms with Crippen LogP contribution in [0.25, 0.3) is 0 Å². The second kappa shape index (κ2) is 6.74. The van der Waals surface area contributed by atoms with Crippen LogP contribution in [0.15, 0.2) is 46.9 Å². The van der Waals surface area contributed by atoms with E-state index >= 15 is 0 Å². The number of benzene rings is 2. The van der Waals surface area contributed by atoms with Gasteiger partial charge in [-0.3, -0.25) is 9.59 Å². The first-order valence-electron chi connectivity index (χ1n) is 6.03. The largest absolute Gasteiger partial charge is 0.481 e. The van der Waals surface area contributed by atoms with Crippen LogP contribution in [0.2, 0.25) is 5.02 Å². The normalized spacial score (nSPS) is 10.2. The molecule has 0 radical (unpaired) electrons. The average Bonchev–Trinajstić information content (AvgIpc) is 2.41. The van der Waals surface area contributed by atoms with Gasteiger partial charge >= 0.3 is 5.97 Å². The van der Waals surface area contributed by atoms with Crippen molar-refractivity contribution >= 4 is 45.1 Å². The number of hydrogen-bond donors (Lipinski definition) is 2. The Hall–Kier alpha value is -1.85. The third kappa shape index (κ3) is 4.31. The van der Waals surface area contributed by atoms with Crippen LogP contribution >= 0.6 is 27.5 Å². The molecule has 108 valence electrons. The van der Waals surface area contributed by atoms with Crippen molar-refractivity contribution in [2.75, 3.05) is 5.32 Å². The summed E-state index contributed by atoms with van der Waals surface area (Å²) in [5, 5.41) is 12.0. The quantitative estimate of drug-likeness (QED) is 0.858. The van der Waals surface area contributed by atoms with Gasteiger partial charge in [0.15, 0.2) is 0 Å². The van der Waals surface area contributed by atoms with Crippen LogP contribution < -0.4 is 5.32 Å². The monoisotopic (exact) mass is 367 g/mol. The number of rotatable bonds is 4. The van der Waals surface area contributed by atoms with Gasteiger partial charge in [-0.05, 0) is 51.8 Å². The van der Waals surface area contributed by atoms with E-state index in [-0.39, 0.29) is 12.3 Å². The Morgan fingerprint density at radius 3 is 2.67 bits per heavy atom. The number of halogens is 2. The van der Waals surface area contributed by atoms with E-state index in [0.717, 1.165) is 0 Å². The number of nitrogens with one attached hydrogen (secondary N) is 1. The molecule has 0 heterocycles. The summed E-state index contributed by atoms with van der Waals surface area (Å²) in [6.07, 6.45) is -0.0927. The van der Waals surface area contributed by atoms with Gasteiger partial charge in [-0.25, -0.2) is 0 Å². The summed E-state index contributed by atoms with van der Waals surface area (Å²) in [4.78, 5) is 22.9. The molecule has 0 saturated carbocycles. The van der Waals surface area contributed by atoms with Crippen LogP contribution in [0.4, 0.5) is 5.69 Å². The number of carboxylic acid groups (broad SMARTS) is 1. The molecule has 0 bridgehead atoms. The molecular weight excluding hydrogens is 358 g/mol. The van der Waals surface area contributed by atoms with Crippen molar-refractivity contribution in [1.29, 1.82) is 0 Å². The molecule has 2 N–H and O–H groups in total. The SMILES string of the molecule is O=C(O)Cc1cccc(NC(=O)c2cc(Cl)ccc2Br)c1. The molecule has 2 rings (SSSR count). The maximum atomic E-state index is 12.2. The minimum absolute atomic E-state index is 0.0927. The van der Waals surface area contributed by atoms with Crippen LogP contribution in [0.3, 0.4) is 0 Å². The molecule has 2 aromatic carbocycles. The fraction of sp³-hybridized carbons (Fsp3) is 0.0667. The zero-order valence-electron chi connectivity index (χ0n) is 10.8. The molecule has 0 aliphatic heterocycles. The first-order valence-corrected chi connectivity index (χ1v) is 7.20. The predicted octanol–water partition coefficient (Wildman–Crippen LogP) is 3.98. The van der Waals surface area contributed by atoms with Crippen molar-refractivity contribution in [2.24, 2.45) is 0 Å². The highest BCUT2D eigenvalue weighted by Gasteiger charge is 2.11. The lowest BCUT2D eigenvalue weighted by Crippen LogP contribution is -2.13. The van der Waals surface area contributed by atoms with Crippen LogP contribution in [0, 0.1) is 0 Å². The molecule has 4 nitrogen and oxygen atoms in total. The maximum Gasteiger partial charge on any atom is 0.307 e. The highest BCUT2D eigenvalue weighted by atomic mass is 79.9. The Morgan fingerprint density at radius 1 is 1.19 bits per heavy atom. The topological polar surface area (TPSA) is 66.4 Å². The van der Waals surface area contributed by atoms with E-state index in [1.807, 2.05) is 0 Å². The third-order valence-corrected chi connectivity index (χ3v) is 3.64. The van der Waals surface area contributed by atoms with Gasteiger partial charge < -0.3 is 10.4 Å². The maximum absolute atomic E-state index is 12.2. The van der Waals surface area contributed by atoms with Gasteiger partial charge in [-0.15, -0.1) is 0 Å². The van der Waals surface area contributed by atoms with Gasteiger partial charge in [0.25, 0.3) is 5.91 Å². The number of hydrogen-bond acceptors (Lipinski definition) is 2. The zero-order chi connectivity index (χ0) is 15.4. The van der Waals surface area contributed by atoms with E-state index in [4.69, 9.17) is 16.7 Å². The summed E-state index contributed by atoms with van der Waals surface area (Å²) in [6, 6.07) is 11.6. The van der Waals surface area contributed by atoms with E-state index in [9.17, 15) is 9.59 Å². The smallest absolute Gasteiger partial charge is 0.307 e. The number of carbonyl (C=O) groups excluding carboxylic acids is 1. The van der Waals surface area contributed by atoms with Gasteiger partial charge in [0.05, 0.1) is 12.0 Å². The van der Waals surface area contributed by atoms with E-state index in [2.05, 4.69) is 21.2 Å². The summed E-state index contributed by atoms with van der Waals surface area (Å²) in [5.41, 5.74) is 1.56. The molecule has 0 aromatic heterocycles. The third-order valence-electron chi connectivity index (χ3n) is 2.71. The molecule has 0 atom stereocenters. The Kier molecular flexibility index (Phi) is 4.98. The van der Waals surface area contributed by atoms with Gasteiger partial charge in [-0.1, -0.05) is 23.7 Å². The first kappa shape index (κ1) is 15.5. The second-order valence-electron chi connectivity index (χ2n) is 4.35. The van der Waals surface area contributed by atoms with Crippen LogP contribution in [0.1, 0.15) is 15.9 Å². The average molecular weight is 369 g/mol. The Labute approximate surface area is 134 Å².